The standard InChI is InChI=1S/C14H18N2O5/c17-9-3-6-16-7-10(18)13(12(19)11(9)16)21-14(20)8-1-4-15-5-2-8/h1-2,4-5,9-13,17-19H,3,6-7H2/t9-,10?,11?,12?,13?/m0/s1. The first-order chi connectivity index (χ1) is 10.1. The molecule has 2 aliphatic heterocycles. The van der Waals surface area contributed by atoms with Crippen LogP contribution in [0.3, 0.4) is 0 Å². The lowest BCUT2D eigenvalue weighted by Gasteiger charge is -2.42. The highest BCUT2D eigenvalue weighted by Crippen LogP contribution is 2.30. The fourth-order valence-corrected chi connectivity index (χ4v) is 3.11. The van der Waals surface area contributed by atoms with E-state index in [4.69, 9.17) is 4.74 Å². The van der Waals surface area contributed by atoms with Gasteiger partial charge in [-0.1, -0.05) is 0 Å². The van der Waals surface area contributed by atoms with E-state index in [2.05, 4.69) is 4.98 Å². The number of nitrogens with zero attached hydrogens (tertiary/aromatic N) is 2. The van der Waals surface area contributed by atoms with E-state index in [1.807, 2.05) is 4.90 Å². The first kappa shape index (κ1) is 14.4. The lowest BCUT2D eigenvalue weighted by atomic mass is 9.92. The van der Waals surface area contributed by atoms with Gasteiger partial charge in [0, 0.05) is 25.5 Å². The minimum Gasteiger partial charge on any atom is -0.453 e. The summed E-state index contributed by atoms with van der Waals surface area (Å²) >= 11 is 0. The molecule has 114 valence electrons. The van der Waals surface area contributed by atoms with Crippen LogP contribution in [0.15, 0.2) is 24.5 Å². The average molecular weight is 294 g/mol. The largest absolute Gasteiger partial charge is 0.453 e. The molecule has 0 amide bonds. The Balaban J connectivity index is 1.74. The highest BCUT2D eigenvalue weighted by molar-refractivity contribution is 5.89. The lowest BCUT2D eigenvalue weighted by Crippen LogP contribution is -2.62. The van der Waals surface area contributed by atoms with Crippen molar-refractivity contribution in [3.8, 4) is 0 Å². The van der Waals surface area contributed by atoms with Crippen LogP contribution in [-0.2, 0) is 4.74 Å². The minimum absolute atomic E-state index is 0.271. The van der Waals surface area contributed by atoms with Crippen molar-refractivity contribution in [2.75, 3.05) is 13.1 Å². The maximum atomic E-state index is 12.0. The Bertz CT molecular complexity index is 511. The number of aromatic nitrogens is 1. The Labute approximate surface area is 121 Å². The van der Waals surface area contributed by atoms with Gasteiger partial charge in [-0.05, 0) is 18.6 Å². The van der Waals surface area contributed by atoms with Crippen molar-refractivity contribution in [1.29, 1.82) is 0 Å². The predicted octanol–water partition coefficient (Wildman–Crippen LogP) is -1.22. The molecule has 1 aromatic rings. The summed E-state index contributed by atoms with van der Waals surface area (Å²) in [4.78, 5) is 17.7. The second-order valence-electron chi connectivity index (χ2n) is 5.51. The topological polar surface area (TPSA) is 103 Å². The molecule has 21 heavy (non-hydrogen) atoms. The predicted molar refractivity (Wildman–Crippen MR) is 71.4 cm³/mol. The number of carbonyl (C=O) groups is 1. The molecule has 2 saturated heterocycles. The van der Waals surface area contributed by atoms with Crippen molar-refractivity contribution >= 4 is 5.97 Å². The SMILES string of the molecule is O=C(OC1C(O)CN2CC[C@H](O)C2C1O)c1ccncc1. The Kier molecular flexibility index (Phi) is 3.90. The molecule has 2 fully saturated rings. The average Bonchev–Trinajstić information content (AvgIpc) is 2.85. The third kappa shape index (κ3) is 2.65. The lowest BCUT2D eigenvalue weighted by molar-refractivity contribution is -0.144. The molecule has 0 saturated carbocycles. The molecule has 3 heterocycles. The summed E-state index contributed by atoms with van der Waals surface area (Å²) in [7, 11) is 0. The number of fused-ring (bicyclic) bond motifs is 1. The monoisotopic (exact) mass is 294 g/mol. The third-order valence-corrected chi connectivity index (χ3v) is 4.17. The Morgan fingerprint density at radius 2 is 1.95 bits per heavy atom. The van der Waals surface area contributed by atoms with Crippen molar-refractivity contribution < 1.29 is 24.9 Å². The first-order valence-electron chi connectivity index (χ1n) is 6.97. The van der Waals surface area contributed by atoms with Gasteiger partial charge in [0.2, 0.25) is 0 Å². The molecule has 0 spiro atoms. The summed E-state index contributed by atoms with van der Waals surface area (Å²) in [6, 6.07) is 2.50. The second kappa shape index (κ2) is 5.69. The van der Waals surface area contributed by atoms with Crippen LogP contribution in [0.1, 0.15) is 16.8 Å². The molecule has 7 heteroatoms. The van der Waals surface area contributed by atoms with E-state index in [-0.39, 0.29) is 6.54 Å². The highest BCUT2D eigenvalue weighted by atomic mass is 16.6. The number of hydrogen-bond donors (Lipinski definition) is 3. The van der Waals surface area contributed by atoms with Gasteiger partial charge in [0.15, 0.2) is 6.10 Å². The van der Waals surface area contributed by atoms with Crippen LogP contribution >= 0.6 is 0 Å². The zero-order valence-corrected chi connectivity index (χ0v) is 11.4. The zero-order valence-electron chi connectivity index (χ0n) is 11.4. The van der Waals surface area contributed by atoms with E-state index in [1.165, 1.54) is 24.5 Å². The summed E-state index contributed by atoms with van der Waals surface area (Å²) in [5.74, 6) is -0.624. The molecule has 5 atom stereocenters. The number of piperidine rings is 1. The van der Waals surface area contributed by atoms with Crippen LogP contribution < -0.4 is 0 Å². The molecule has 0 radical (unpaired) electrons. The molecule has 3 rings (SSSR count). The van der Waals surface area contributed by atoms with Gasteiger partial charge in [0.1, 0.15) is 12.2 Å². The number of carbonyl (C=O) groups excluding carboxylic acids is 1. The summed E-state index contributed by atoms with van der Waals surface area (Å²) in [5.41, 5.74) is 0.304. The van der Waals surface area contributed by atoms with Gasteiger partial charge in [-0.15, -0.1) is 0 Å². The van der Waals surface area contributed by atoms with Crippen molar-refractivity contribution in [3.63, 3.8) is 0 Å². The van der Waals surface area contributed by atoms with Crippen molar-refractivity contribution in [3.05, 3.63) is 30.1 Å². The molecule has 2 aliphatic rings. The van der Waals surface area contributed by atoms with Crippen molar-refractivity contribution in [2.24, 2.45) is 0 Å². The number of pyridine rings is 1. The van der Waals surface area contributed by atoms with Crippen LogP contribution in [0.2, 0.25) is 0 Å². The van der Waals surface area contributed by atoms with Crippen LogP contribution in [0.4, 0.5) is 0 Å². The highest BCUT2D eigenvalue weighted by Gasteiger charge is 2.49. The number of esters is 1. The normalized spacial score (nSPS) is 36.2. The summed E-state index contributed by atoms with van der Waals surface area (Å²) in [6.07, 6.45) is -0.336. The zero-order chi connectivity index (χ0) is 15.0. The molecular weight excluding hydrogens is 276 g/mol. The van der Waals surface area contributed by atoms with Crippen LogP contribution in [0, 0.1) is 0 Å². The summed E-state index contributed by atoms with van der Waals surface area (Å²) < 4.78 is 5.25. The third-order valence-electron chi connectivity index (χ3n) is 4.17. The fourth-order valence-electron chi connectivity index (χ4n) is 3.11. The minimum atomic E-state index is -1.11. The number of aliphatic hydroxyl groups excluding tert-OH is 3. The molecule has 7 nitrogen and oxygen atoms in total. The fraction of sp³-hybridized carbons (Fsp3) is 0.571. The molecule has 0 bridgehead atoms. The summed E-state index contributed by atoms with van der Waals surface area (Å²) in [6.45, 7) is 0.887. The van der Waals surface area contributed by atoms with Crippen LogP contribution in [0.5, 0.6) is 0 Å². The molecule has 1 aromatic heterocycles. The molecule has 0 aromatic carbocycles. The van der Waals surface area contributed by atoms with E-state index in [9.17, 15) is 20.1 Å². The smallest absolute Gasteiger partial charge is 0.338 e. The maximum absolute atomic E-state index is 12.0. The van der Waals surface area contributed by atoms with E-state index in [1.54, 1.807) is 0 Å². The van der Waals surface area contributed by atoms with E-state index in [0.29, 0.717) is 18.5 Å². The van der Waals surface area contributed by atoms with Gasteiger partial charge in [-0.25, -0.2) is 4.79 Å². The number of hydrogen-bond acceptors (Lipinski definition) is 7. The Hall–Kier alpha value is -1.54. The molecule has 3 N–H and O–H groups in total. The van der Waals surface area contributed by atoms with Gasteiger partial charge in [0.25, 0.3) is 0 Å². The maximum Gasteiger partial charge on any atom is 0.338 e. The van der Waals surface area contributed by atoms with Crippen molar-refractivity contribution in [2.45, 2.75) is 36.9 Å². The number of ether oxygens (including phenoxy) is 1. The van der Waals surface area contributed by atoms with Gasteiger partial charge < -0.3 is 20.1 Å². The van der Waals surface area contributed by atoms with E-state index in [0.717, 1.165) is 0 Å². The first-order valence-corrected chi connectivity index (χ1v) is 6.97. The number of aliphatic hydroxyl groups is 3. The van der Waals surface area contributed by atoms with Crippen LogP contribution in [-0.4, -0.2) is 74.7 Å². The van der Waals surface area contributed by atoms with Gasteiger partial charge in [-0.2, -0.15) is 0 Å². The molecular formula is C14H18N2O5. The van der Waals surface area contributed by atoms with E-state index >= 15 is 0 Å². The Morgan fingerprint density at radius 1 is 1.24 bits per heavy atom. The molecule has 0 aliphatic carbocycles. The van der Waals surface area contributed by atoms with Gasteiger partial charge in [0.05, 0.1) is 17.7 Å². The van der Waals surface area contributed by atoms with E-state index < -0.39 is 36.4 Å². The van der Waals surface area contributed by atoms with Crippen molar-refractivity contribution in [1.82, 2.24) is 9.88 Å². The second-order valence-corrected chi connectivity index (χ2v) is 5.51. The van der Waals surface area contributed by atoms with Crippen LogP contribution in [0.25, 0.3) is 0 Å². The van der Waals surface area contributed by atoms with Gasteiger partial charge in [-0.3, -0.25) is 9.88 Å². The quantitative estimate of drug-likeness (QED) is 0.587. The Morgan fingerprint density at radius 3 is 2.67 bits per heavy atom. The summed E-state index contributed by atoms with van der Waals surface area (Å²) in [5, 5.41) is 30.3. The number of rotatable bonds is 2. The molecule has 4 unspecified atom stereocenters. The van der Waals surface area contributed by atoms with Gasteiger partial charge >= 0.3 is 5.97 Å².